The molecule has 0 spiro atoms. The third-order valence-electron chi connectivity index (χ3n) is 4.05. The van der Waals surface area contributed by atoms with Crippen LogP contribution in [0, 0.1) is 13.8 Å². The number of sulfonamides is 1. The van der Waals surface area contributed by atoms with Gasteiger partial charge in [0.1, 0.15) is 10.7 Å². The zero-order valence-electron chi connectivity index (χ0n) is 14.0. The average molecular weight is 340 g/mol. The number of amidine groups is 1. The molecule has 0 radical (unpaired) electrons. The first-order chi connectivity index (χ1) is 11.4. The van der Waals surface area contributed by atoms with Gasteiger partial charge in [-0.3, -0.25) is 9.71 Å². The van der Waals surface area contributed by atoms with Crippen molar-refractivity contribution in [3.63, 3.8) is 0 Å². The second-order valence-corrected chi connectivity index (χ2v) is 7.70. The maximum Gasteiger partial charge on any atom is 0.264 e. The third kappa shape index (κ3) is 3.26. The molecule has 1 aliphatic heterocycles. The van der Waals surface area contributed by atoms with Gasteiger partial charge in [0.25, 0.3) is 10.0 Å². The summed E-state index contributed by atoms with van der Waals surface area (Å²) in [7, 11) is -3.56. The maximum atomic E-state index is 12.5. The summed E-state index contributed by atoms with van der Waals surface area (Å²) in [4.78, 5) is 4.77. The van der Waals surface area contributed by atoms with Crippen molar-refractivity contribution >= 4 is 20.8 Å². The highest BCUT2D eigenvalue weighted by Gasteiger charge is 2.32. The van der Waals surface area contributed by atoms with E-state index in [0.29, 0.717) is 28.4 Å². The molecule has 0 fully saturated rings. The Morgan fingerprint density at radius 3 is 2.00 bits per heavy atom. The molecule has 0 unspecified atom stereocenters. The van der Waals surface area contributed by atoms with Crippen LogP contribution in [0.3, 0.4) is 0 Å². The molecule has 1 heterocycles. The van der Waals surface area contributed by atoms with Gasteiger partial charge in [0.2, 0.25) is 0 Å². The van der Waals surface area contributed by atoms with Gasteiger partial charge in [-0.15, -0.1) is 0 Å². The summed E-state index contributed by atoms with van der Waals surface area (Å²) in [6.07, 6.45) is 0. The molecule has 0 atom stereocenters. The van der Waals surface area contributed by atoms with Gasteiger partial charge < -0.3 is 0 Å². The van der Waals surface area contributed by atoms with Gasteiger partial charge in [0.05, 0.1) is 6.54 Å². The van der Waals surface area contributed by atoms with Crippen molar-refractivity contribution in [1.29, 1.82) is 0 Å². The van der Waals surface area contributed by atoms with E-state index in [1.54, 1.807) is 6.92 Å². The van der Waals surface area contributed by atoms with Gasteiger partial charge in [-0.2, -0.15) is 0 Å². The molecular weight excluding hydrogens is 320 g/mol. The fourth-order valence-electron chi connectivity index (χ4n) is 2.66. The highest BCUT2D eigenvalue weighted by Crippen LogP contribution is 2.30. The summed E-state index contributed by atoms with van der Waals surface area (Å²) < 4.78 is 27.5. The van der Waals surface area contributed by atoms with Crippen molar-refractivity contribution in [2.24, 2.45) is 4.99 Å². The minimum absolute atomic E-state index is 0.310. The molecule has 0 saturated heterocycles. The number of aliphatic imine (C=N–C) groups is 1. The van der Waals surface area contributed by atoms with Crippen molar-refractivity contribution < 1.29 is 8.42 Å². The summed E-state index contributed by atoms with van der Waals surface area (Å²) >= 11 is 0. The number of nitrogens with zero attached hydrogens (tertiary/aromatic N) is 1. The van der Waals surface area contributed by atoms with Crippen LogP contribution in [0.25, 0.3) is 4.91 Å². The van der Waals surface area contributed by atoms with Gasteiger partial charge in [-0.25, -0.2) is 8.42 Å². The zero-order chi connectivity index (χ0) is 17.3. The van der Waals surface area contributed by atoms with Crippen LogP contribution in [-0.2, 0) is 16.6 Å². The highest BCUT2D eigenvalue weighted by molar-refractivity contribution is 8.00. The third-order valence-corrected chi connectivity index (χ3v) is 5.59. The van der Waals surface area contributed by atoms with Crippen LogP contribution < -0.4 is 4.72 Å². The smallest absolute Gasteiger partial charge is 0.263 e. The first kappa shape index (κ1) is 16.5. The zero-order valence-corrected chi connectivity index (χ0v) is 14.8. The summed E-state index contributed by atoms with van der Waals surface area (Å²) in [6.45, 7) is 6.24. The number of nitrogens with one attached hydrogen (secondary N) is 1. The summed E-state index contributed by atoms with van der Waals surface area (Å²) in [5, 5.41) is 0. The van der Waals surface area contributed by atoms with Crippen molar-refractivity contribution in [1.82, 2.24) is 4.72 Å². The summed E-state index contributed by atoms with van der Waals surface area (Å²) in [5.41, 5.74) is 4.67. The first-order valence-corrected chi connectivity index (χ1v) is 9.26. The Kier molecular flexibility index (Phi) is 4.28. The van der Waals surface area contributed by atoms with E-state index in [-0.39, 0.29) is 0 Å². The van der Waals surface area contributed by atoms with E-state index in [0.717, 1.165) is 11.1 Å². The molecule has 1 aliphatic rings. The second kappa shape index (κ2) is 6.24. The number of hydrogen-bond donors (Lipinski definition) is 1. The summed E-state index contributed by atoms with van der Waals surface area (Å²) in [6, 6.07) is 15.5. The SMILES string of the molecule is CC1=C(c2ccc(C)cc2)S(=O)(=O)NC1=NCc1ccc(C)cc1. The monoisotopic (exact) mass is 340 g/mol. The molecule has 2 aromatic carbocycles. The Hall–Kier alpha value is -2.40. The van der Waals surface area contributed by atoms with E-state index in [1.807, 2.05) is 62.4 Å². The molecule has 124 valence electrons. The van der Waals surface area contributed by atoms with Crippen molar-refractivity contribution in [3.05, 3.63) is 76.4 Å². The van der Waals surface area contributed by atoms with Crippen LogP contribution in [0.5, 0.6) is 0 Å². The molecule has 0 amide bonds. The molecular formula is C19H20N2O2S. The number of rotatable bonds is 3. The lowest BCUT2D eigenvalue weighted by Gasteiger charge is -2.03. The molecule has 5 heteroatoms. The molecule has 3 rings (SSSR count). The van der Waals surface area contributed by atoms with Crippen molar-refractivity contribution in [3.8, 4) is 0 Å². The van der Waals surface area contributed by atoms with Crippen LogP contribution in [-0.4, -0.2) is 14.3 Å². The molecule has 0 aliphatic carbocycles. The predicted octanol–water partition coefficient (Wildman–Crippen LogP) is 3.57. The van der Waals surface area contributed by atoms with Gasteiger partial charge in [-0.1, -0.05) is 59.7 Å². The van der Waals surface area contributed by atoms with E-state index in [9.17, 15) is 8.42 Å². The fourth-order valence-corrected chi connectivity index (χ4v) is 4.18. The molecule has 0 bridgehead atoms. The Morgan fingerprint density at radius 2 is 1.42 bits per heavy atom. The van der Waals surface area contributed by atoms with Gasteiger partial charge in [0, 0.05) is 5.57 Å². The van der Waals surface area contributed by atoms with Crippen LogP contribution in [0.2, 0.25) is 0 Å². The number of aryl methyl sites for hydroxylation is 2. The lowest BCUT2D eigenvalue weighted by molar-refractivity contribution is 0.603. The van der Waals surface area contributed by atoms with E-state index in [4.69, 9.17) is 0 Å². The van der Waals surface area contributed by atoms with E-state index in [1.165, 1.54) is 5.56 Å². The minimum Gasteiger partial charge on any atom is -0.263 e. The molecule has 0 saturated carbocycles. The normalized spacial score (nSPS) is 18.0. The van der Waals surface area contributed by atoms with Gasteiger partial charge >= 0.3 is 0 Å². The molecule has 4 nitrogen and oxygen atoms in total. The maximum absolute atomic E-state index is 12.5. The lowest BCUT2D eigenvalue weighted by atomic mass is 10.1. The topological polar surface area (TPSA) is 58.5 Å². The lowest BCUT2D eigenvalue weighted by Crippen LogP contribution is -2.23. The molecule has 1 N–H and O–H groups in total. The highest BCUT2D eigenvalue weighted by atomic mass is 32.2. The van der Waals surface area contributed by atoms with Crippen molar-refractivity contribution in [2.45, 2.75) is 27.3 Å². The Balaban J connectivity index is 1.94. The predicted molar refractivity (Wildman–Crippen MR) is 98.1 cm³/mol. The standard InChI is InChI=1S/C19H20N2O2S/c1-13-4-8-16(9-5-13)12-20-19-15(3)18(24(22,23)21-19)17-10-6-14(2)7-11-17/h4-11H,12H2,1-3H3,(H,20,21). The Bertz CT molecular complexity index is 922. The molecule has 24 heavy (non-hydrogen) atoms. The first-order valence-electron chi connectivity index (χ1n) is 7.78. The van der Waals surface area contributed by atoms with Crippen LogP contribution >= 0.6 is 0 Å². The Labute approximate surface area is 143 Å². The average Bonchev–Trinajstić information content (AvgIpc) is 2.77. The van der Waals surface area contributed by atoms with Gasteiger partial charge in [0.15, 0.2) is 0 Å². The van der Waals surface area contributed by atoms with Gasteiger partial charge in [-0.05, 0) is 31.9 Å². The van der Waals surface area contributed by atoms with E-state index in [2.05, 4.69) is 9.71 Å². The Morgan fingerprint density at radius 1 is 0.875 bits per heavy atom. The quantitative estimate of drug-likeness (QED) is 0.928. The summed E-state index contributed by atoms with van der Waals surface area (Å²) in [5.74, 6) is 0.422. The molecule has 2 aromatic rings. The fraction of sp³-hybridized carbons (Fsp3) is 0.211. The number of benzene rings is 2. The largest absolute Gasteiger partial charge is 0.264 e. The van der Waals surface area contributed by atoms with E-state index >= 15 is 0 Å². The molecule has 0 aromatic heterocycles. The van der Waals surface area contributed by atoms with Crippen LogP contribution in [0.4, 0.5) is 0 Å². The van der Waals surface area contributed by atoms with E-state index < -0.39 is 10.0 Å². The van der Waals surface area contributed by atoms with Crippen molar-refractivity contribution in [2.75, 3.05) is 0 Å². The second-order valence-electron chi connectivity index (χ2n) is 6.08. The van der Waals surface area contributed by atoms with Crippen LogP contribution in [0.1, 0.15) is 29.2 Å². The minimum atomic E-state index is -3.56. The van der Waals surface area contributed by atoms with Crippen LogP contribution in [0.15, 0.2) is 59.1 Å². The number of hydrogen-bond acceptors (Lipinski definition) is 3.